The average molecular weight is 980 g/mol. The van der Waals surface area contributed by atoms with Gasteiger partial charge in [0.2, 0.25) is 0 Å². The van der Waals surface area contributed by atoms with Crippen molar-refractivity contribution in [3.8, 4) is 0 Å². The van der Waals surface area contributed by atoms with Gasteiger partial charge in [-0.25, -0.2) is 9.46 Å². The van der Waals surface area contributed by atoms with Crippen molar-refractivity contribution in [3.63, 3.8) is 0 Å². The SMILES string of the molecule is COP(O[C@H]1[C@@H](OC(OCCOC(C)=O)OCCOC(C)=O)[C@H](n2ccc(=O)[nH]c2=O)O[C@@H]1CO[Si](OC1CCCCCCCCCCC1)([Si](C)(C)C)[Si](C)(C)C)N(C(C)C)C(C)C. The molecule has 1 aliphatic heterocycles. The number of rotatable bonds is 24. The van der Waals surface area contributed by atoms with E-state index in [1.807, 2.05) is 0 Å². The van der Waals surface area contributed by atoms with E-state index in [-0.39, 0.29) is 51.2 Å². The van der Waals surface area contributed by atoms with Gasteiger partial charge in [-0.2, -0.15) is 0 Å². The molecule has 0 amide bonds. The lowest BCUT2D eigenvalue weighted by Gasteiger charge is -2.50. The van der Waals surface area contributed by atoms with E-state index in [1.165, 1.54) is 75.6 Å². The zero-order chi connectivity index (χ0) is 47.7. The highest BCUT2D eigenvalue weighted by atomic mass is 31.2. The Morgan fingerprint density at radius 1 is 0.797 bits per heavy atom. The van der Waals surface area contributed by atoms with Gasteiger partial charge in [0.15, 0.2) is 6.23 Å². The summed E-state index contributed by atoms with van der Waals surface area (Å²) in [5.41, 5.74) is -1.31. The molecular weight excluding hydrogens is 898 g/mol. The summed E-state index contributed by atoms with van der Waals surface area (Å²) in [5.74, 6) is -0.983. The fourth-order valence-corrected chi connectivity index (χ4v) is 48.6. The van der Waals surface area contributed by atoms with Crippen LogP contribution in [0.15, 0.2) is 21.9 Å². The van der Waals surface area contributed by atoms with Gasteiger partial charge in [-0.3, -0.25) is 23.9 Å². The summed E-state index contributed by atoms with van der Waals surface area (Å²) >= 11 is 0. The first-order valence-electron chi connectivity index (χ1n) is 23.3. The van der Waals surface area contributed by atoms with Crippen molar-refractivity contribution in [2.24, 2.45) is 0 Å². The molecule has 1 saturated heterocycles. The molecule has 1 unspecified atom stereocenters. The van der Waals surface area contributed by atoms with Gasteiger partial charge in [-0.05, 0) is 40.5 Å². The third-order valence-electron chi connectivity index (χ3n) is 11.4. The van der Waals surface area contributed by atoms with E-state index in [2.05, 4.69) is 76.6 Å². The molecule has 0 aromatic carbocycles. The van der Waals surface area contributed by atoms with Crippen molar-refractivity contribution in [2.45, 2.75) is 201 Å². The number of nitrogens with zero attached hydrogens (tertiary/aromatic N) is 2. The molecule has 0 bridgehead atoms. The van der Waals surface area contributed by atoms with Gasteiger partial charge in [0, 0.05) is 51.4 Å². The van der Waals surface area contributed by atoms with Gasteiger partial charge in [-0.15, -0.1) is 0 Å². The summed E-state index contributed by atoms with van der Waals surface area (Å²) in [7, 11) is -7.59. The molecule has 1 aromatic heterocycles. The predicted octanol–water partition coefficient (Wildman–Crippen LogP) is 7.62. The lowest BCUT2D eigenvalue weighted by Crippen LogP contribution is -2.76. The molecule has 64 heavy (non-hydrogen) atoms. The quantitative estimate of drug-likeness (QED) is 0.0351. The molecular formula is C43H82N3O14PSi3. The molecule has 2 fully saturated rings. The lowest BCUT2D eigenvalue weighted by atomic mass is 10.00. The van der Waals surface area contributed by atoms with Crippen LogP contribution in [-0.4, -0.2) is 132 Å². The molecule has 1 saturated carbocycles. The van der Waals surface area contributed by atoms with Crippen LogP contribution >= 0.6 is 8.53 Å². The molecule has 17 nitrogen and oxygen atoms in total. The number of nitrogens with one attached hydrogen (secondary N) is 1. The van der Waals surface area contributed by atoms with Crippen LogP contribution in [0.4, 0.5) is 0 Å². The van der Waals surface area contributed by atoms with E-state index in [4.69, 9.17) is 46.3 Å². The molecule has 1 N–H and O–H groups in total. The Labute approximate surface area is 386 Å². The van der Waals surface area contributed by atoms with Crippen LogP contribution in [0.2, 0.25) is 39.3 Å². The van der Waals surface area contributed by atoms with E-state index in [0.717, 1.165) is 25.7 Å². The van der Waals surface area contributed by atoms with E-state index < -0.39 is 85.5 Å². The molecule has 370 valence electrons. The lowest BCUT2D eigenvalue weighted by molar-refractivity contribution is -0.320. The van der Waals surface area contributed by atoms with Gasteiger partial charge in [0.25, 0.3) is 28.2 Å². The van der Waals surface area contributed by atoms with Crippen LogP contribution in [0.3, 0.4) is 0 Å². The summed E-state index contributed by atoms with van der Waals surface area (Å²) in [4.78, 5) is 51.6. The molecule has 1 aromatic rings. The van der Waals surface area contributed by atoms with Crippen molar-refractivity contribution < 1.29 is 55.9 Å². The maximum absolute atomic E-state index is 13.6. The predicted molar refractivity (Wildman–Crippen MR) is 254 cm³/mol. The van der Waals surface area contributed by atoms with E-state index in [9.17, 15) is 19.2 Å². The van der Waals surface area contributed by atoms with Gasteiger partial charge < -0.3 is 46.3 Å². The molecule has 0 radical (unpaired) electrons. The fraction of sp³-hybridized carbons (Fsp3) is 0.860. The monoisotopic (exact) mass is 979 g/mol. The van der Waals surface area contributed by atoms with Crippen LogP contribution in [0, 0.1) is 0 Å². The number of carbonyl (C=O) groups is 2. The highest BCUT2D eigenvalue weighted by Gasteiger charge is 2.61. The first-order valence-corrected chi connectivity index (χ1v) is 35.3. The van der Waals surface area contributed by atoms with Gasteiger partial charge in [-0.1, -0.05) is 97.1 Å². The minimum atomic E-state index is -3.00. The Morgan fingerprint density at radius 3 is 1.73 bits per heavy atom. The average Bonchev–Trinajstić information content (AvgIpc) is 3.50. The maximum atomic E-state index is 13.6. The summed E-state index contributed by atoms with van der Waals surface area (Å²) in [5, 5.41) is 0. The minimum Gasteiger partial charge on any atom is -0.463 e. The standard InChI is InChI=1S/C43H82N3O14PSi3/c1-32(2)46(33(3)4)61(51-7)59-39-37(31-56-64(62(8,9)10,63(11,12)13)60-36-23-21-19-17-15-14-16-18-20-22-24-36)57-41(45-26-25-38(49)44-42(45)50)40(39)58-43(54-29-27-52-34(5)47)55-30-28-53-35(6)48/h25-26,32-33,36-37,39-41,43H,14-24,27-31H2,1-13H3,(H,44,49,50)/t37-,39-,40-,41-,61?/m1/s1. The van der Waals surface area contributed by atoms with Crippen molar-refractivity contribution in [1.29, 1.82) is 0 Å². The number of aromatic nitrogens is 2. The number of H-pyrrole nitrogens is 1. The fourth-order valence-electron chi connectivity index (χ4n) is 8.77. The summed E-state index contributed by atoms with van der Waals surface area (Å²) in [6.07, 6.45) is 10.3. The second-order valence-corrected chi connectivity index (χ2v) is 46.1. The largest absolute Gasteiger partial charge is 0.463 e. The molecule has 3 rings (SSSR count). The van der Waals surface area contributed by atoms with E-state index >= 15 is 0 Å². The number of ether oxygens (including phenoxy) is 6. The van der Waals surface area contributed by atoms with E-state index in [1.54, 1.807) is 7.11 Å². The molecule has 2 heterocycles. The summed E-state index contributed by atoms with van der Waals surface area (Å²) < 4.78 is 67.5. The minimum absolute atomic E-state index is 0.0141. The molecule has 1 aliphatic carbocycles. The molecule has 0 spiro atoms. The highest BCUT2D eigenvalue weighted by Crippen LogP contribution is 2.50. The van der Waals surface area contributed by atoms with Gasteiger partial charge >= 0.3 is 17.6 Å². The van der Waals surface area contributed by atoms with Crippen LogP contribution in [0.25, 0.3) is 0 Å². The topological polar surface area (TPSA) is 185 Å². The highest BCUT2D eigenvalue weighted by molar-refractivity contribution is 7.64. The third kappa shape index (κ3) is 17.5. The van der Waals surface area contributed by atoms with E-state index in [0.29, 0.717) is 0 Å². The zero-order valence-corrected chi connectivity index (χ0v) is 45.0. The Morgan fingerprint density at radius 2 is 1.30 bits per heavy atom. The molecule has 21 heteroatoms. The Hall–Kier alpha value is -1.66. The Bertz CT molecular complexity index is 1600. The number of hydrogen-bond acceptors (Lipinski definition) is 15. The van der Waals surface area contributed by atoms with Crippen molar-refractivity contribution in [1.82, 2.24) is 14.2 Å². The number of hydrogen-bond donors (Lipinski definition) is 1. The first kappa shape index (κ1) is 56.7. The molecule has 2 aliphatic rings. The van der Waals surface area contributed by atoms with Crippen LogP contribution < -0.4 is 11.2 Å². The third-order valence-corrected chi connectivity index (χ3v) is 45.5. The number of aromatic amines is 1. The Balaban J connectivity index is 2.18. The van der Waals surface area contributed by atoms with Crippen LogP contribution in [-0.2, 0) is 55.9 Å². The van der Waals surface area contributed by atoms with Crippen LogP contribution in [0.1, 0.15) is 118 Å². The number of carbonyl (C=O) groups excluding carboxylic acids is 2. The zero-order valence-electron chi connectivity index (χ0n) is 41.1. The summed E-state index contributed by atoms with van der Waals surface area (Å²) in [6, 6.07) is 1.26. The van der Waals surface area contributed by atoms with Crippen molar-refractivity contribution in [3.05, 3.63) is 33.1 Å². The van der Waals surface area contributed by atoms with Crippen molar-refractivity contribution >= 4 is 43.2 Å². The van der Waals surface area contributed by atoms with Crippen LogP contribution in [0.5, 0.6) is 0 Å². The second-order valence-electron chi connectivity index (χ2n) is 19.4. The smallest absolute Gasteiger partial charge is 0.330 e. The second kappa shape index (κ2) is 27.4. The first-order chi connectivity index (χ1) is 30.1. The maximum Gasteiger partial charge on any atom is 0.330 e. The summed E-state index contributed by atoms with van der Waals surface area (Å²) in [6.45, 7) is 23.2. The number of esters is 2. The van der Waals surface area contributed by atoms with Gasteiger partial charge in [0.1, 0.15) is 46.7 Å². The normalized spacial score (nSPS) is 21.9. The van der Waals surface area contributed by atoms with Crippen molar-refractivity contribution in [2.75, 3.05) is 40.1 Å². The molecule has 5 atom stereocenters. The van der Waals surface area contributed by atoms with Gasteiger partial charge in [0.05, 0.1) is 19.8 Å². The Kier molecular flexibility index (Phi) is 24.2.